The minimum atomic E-state index is -0.338. The van der Waals surface area contributed by atoms with Gasteiger partial charge in [0.05, 0.1) is 6.04 Å². The second kappa shape index (κ2) is 6.55. The molecule has 18 heavy (non-hydrogen) atoms. The van der Waals surface area contributed by atoms with E-state index in [2.05, 4.69) is 26.1 Å². The summed E-state index contributed by atoms with van der Waals surface area (Å²) in [7, 11) is 0. The number of amides is 1. The van der Waals surface area contributed by atoms with Crippen molar-refractivity contribution in [1.82, 2.24) is 5.32 Å². The lowest BCUT2D eigenvalue weighted by molar-refractivity contribution is -0.123. The Morgan fingerprint density at radius 1 is 1.28 bits per heavy atom. The van der Waals surface area contributed by atoms with Crippen LogP contribution >= 0.6 is 0 Å². The van der Waals surface area contributed by atoms with Gasteiger partial charge in [0.25, 0.3) is 0 Å². The molecule has 0 aromatic heterocycles. The lowest BCUT2D eigenvalue weighted by Gasteiger charge is -2.39. The maximum absolute atomic E-state index is 11.7. The van der Waals surface area contributed by atoms with Crippen molar-refractivity contribution < 1.29 is 4.79 Å². The fraction of sp³-hybridized carbons (Fsp3) is 0.933. The van der Waals surface area contributed by atoms with Crippen molar-refractivity contribution in [3.63, 3.8) is 0 Å². The van der Waals surface area contributed by atoms with Gasteiger partial charge in [-0.2, -0.15) is 0 Å². The number of nitrogens with two attached hydrogens (primary N) is 1. The molecule has 0 saturated heterocycles. The van der Waals surface area contributed by atoms with Crippen molar-refractivity contribution in [3.05, 3.63) is 0 Å². The molecule has 0 aromatic rings. The number of hydrogen-bond acceptors (Lipinski definition) is 2. The molecule has 1 amide bonds. The third kappa shape index (κ3) is 3.98. The lowest BCUT2D eigenvalue weighted by Crippen LogP contribution is -2.46. The zero-order valence-corrected chi connectivity index (χ0v) is 12.5. The molecule has 0 bridgehead atoms. The molecular weight excluding hydrogens is 224 g/mol. The van der Waals surface area contributed by atoms with Crippen molar-refractivity contribution >= 4 is 5.91 Å². The SMILES string of the molecule is CC[C@H](N)C(=O)NC1CCC(C(C)(C)CC)CC1. The molecule has 0 aliphatic heterocycles. The van der Waals surface area contributed by atoms with Gasteiger partial charge in [-0.3, -0.25) is 4.79 Å². The smallest absolute Gasteiger partial charge is 0.237 e. The van der Waals surface area contributed by atoms with E-state index < -0.39 is 0 Å². The highest BCUT2D eigenvalue weighted by molar-refractivity contribution is 5.81. The van der Waals surface area contributed by atoms with Gasteiger partial charge in [-0.1, -0.05) is 34.1 Å². The topological polar surface area (TPSA) is 55.1 Å². The molecule has 0 unspecified atom stereocenters. The molecule has 0 radical (unpaired) electrons. The molecule has 1 fully saturated rings. The summed E-state index contributed by atoms with van der Waals surface area (Å²) in [5.41, 5.74) is 6.18. The van der Waals surface area contributed by atoms with Gasteiger partial charge in [0.1, 0.15) is 0 Å². The van der Waals surface area contributed by atoms with Crippen LogP contribution in [0.25, 0.3) is 0 Å². The summed E-state index contributed by atoms with van der Waals surface area (Å²) in [4.78, 5) is 11.7. The first-order chi connectivity index (χ1) is 8.40. The second-order valence-electron chi connectivity index (χ2n) is 6.41. The Morgan fingerprint density at radius 2 is 1.83 bits per heavy atom. The minimum Gasteiger partial charge on any atom is -0.352 e. The Balaban J connectivity index is 2.38. The van der Waals surface area contributed by atoms with E-state index in [-0.39, 0.29) is 11.9 Å². The third-order valence-corrected chi connectivity index (χ3v) is 4.87. The molecule has 106 valence electrons. The quantitative estimate of drug-likeness (QED) is 0.792. The van der Waals surface area contributed by atoms with Crippen LogP contribution in [0.2, 0.25) is 0 Å². The molecule has 1 aliphatic carbocycles. The molecule has 1 aliphatic rings. The van der Waals surface area contributed by atoms with Gasteiger partial charge >= 0.3 is 0 Å². The molecule has 0 aromatic carbocycles. The maximum atomic E-state index is 11.7. The predicted molar refractivity (Wildman–Crippen MR) is 76.2 cm³/mol. The van der Waals surface area contributed by atoms with E-state index in [1.54, 1.807) is 0 Å². The lowest BCUT2D eigenvalue weighted by atomic mass is 9.69. The van der Waals surface area contributed by atoms with Crippen molar-refractivity contribution in [2.24, 2.45) is 17.1 Å². The van der Waals surface area contributed by atoms with Crippen molar-refractivity contribution in [1.29, 1.82) is 0 Å². The number of hydrogen-bond donors (Lipinski definition) is 2. The van der Waals surface area contributed by atoms with E-state index in [9.17, 15) is 4.79 Å². The normalized spacial score (nSPS) is 26.7. The first kappa shape index (κ1) is 15.5. The molecule has 0 heterocycles. The zero-order chi connectivity index (χ0) is 13.8. The molecule has 3 nitrogen and oxygen atoms in total. The Morgan fingerprint density at radius 3 is 2.28 bits per heavy atom. The van der Waals surface area contributed by atoms with Crippen LogP contribution in [0.4, 0.5) is 0 Å². The number of nitrogens with one attached hydrogen (secondary N) is 1. The molecule has 3 N–H and O–H groups in total. The summed E-state index contributed by atoms with van der Waals surface area (Å²) in [5, 5.41) is 3.10. The van der Waals surface area contributed by atoms with Crippen molar-refractivity contribution in [2.75, 3.05) is 0 Å². The summed E-state index contributed by atoms with van der Waals surface area (Å²) >= 11 is 0. The second-order valence-corrected chi connectivity index (χ2v) is 6.41. The average Bonchev–Trinajstić information content (AvgIpc) is 2.38. The van der Waals surface area contributed by atoms with E-state index in [4.69, 9.17) is 5.73 Å². The number of carbonyl (C=O) groups is 1. The van der Waals surface area contributed by atoms with Crippen LogP contribution in [0.1, 0.15) is 66.2 Å². The van der Waals surface area contributed by atoms with E-state index in [0.717, 1.165) is 18.8 Å². The van der Waals surface area contributed by atoms with Crippen LogP contribution in [-0.2, 0) is 4.79 Å². The Hall–Kier alpha value is -0.570. The fourth-order valence-corrected chi connectivity index (χ4v) is 2.80. The first-order valence-corrected chi connectivity index (χ1v) is 7.46. The highest BCUT2D eigenvalue weighted by atomic mass is 16.2. The zero-order valence-electron chi connectivity index (χ0n) is 12.5. The molecule has 1 saturated carbocycles. The molecular formula is C15H30N2O. The van der Waals surface area contributed by atoms with Crippen LogP contribution in [-0.4, -0.2) is 18.0 Å². The standard InChI is InChI=1S/C15H30N2O/c1-5-13(16)14(18)17-12-9-7-11(8-10-12)15(3,4)6-2/h11-13H,5-10,16H2,1-4H3,(H,17,18)/t11?,12?,13-/m0/s1. The van der Waals surface area contributed by atoms with Crippen LogP contribution in [0.3, 0.4) is 0 Å². The van der Waals surface area contributed by atoms with Gasteiger partial charge in [0.2, 0.25) is 5.91 Å². The van der Waals surface area contributed by atoms with Gasteiger partial charge in [-0.25, -0.2) is 0 Å². The van der Waals surface area contributed by atoms with Gasteiger partial charge in [-0.15, -0.1) is 0 Å². The Kier molecular flexibility index (Phi) is 5.64. The third-order valence-electron chi connectivity index (χ3n) is 4.87. The van der Waals surface area contributed by atoms with Gasteiger partial charge in [0.15, 0.2) is 0 Å². The average molecular weight is 254 g/mol. The fourth-order valence-electron chi connectivity index (χ4n) is 2.80. The molecule has 0 spiro atoms. The predicted octanol–water partition coefficient (Wildman–Crippen LogP) is 2.83. The minimum absolute atomic E-state index is 0.0238. The van der Waals surface area contributed by atoms with Crippen LogP contribution < -0.4 is 11.1 Å². The van der Waals surface area contributed by atoms with E-state index >= 15 is 0 Å². The highest BCUT2D eigenvalue weighted by Gasteiger charge is 2.32. The first-order valence-electron chi connectivity index (χ1n) is 7.46. The Labute approximate surface area is 112 Å². The summed E-state index contributed by atoms with van der Waals surface area (Å²) in [5.74, 6) is 0.825. The molecule has 1 atom stereocenters. The monoisotopic (exact) mass is 254 g/mol. The van der Waals surface area contributed by atoms with Gasteiger partial charge in [0, 0.05) is 6.04 Å². The summed E-state index contributed by atoms with van der Waals surface area (Å²) in [6.07, 6.45) is 6.62. The van der Waals surface area contributed by atoms with E-state index in [1.807, 2.05) is 6.92 Å². The summed E-state index contributed by atoms with van der Waals surface area (Å²) < 4.78 is 0. The summed E-state index contributed by atoms with van der Waals surface area (Å²) in [6.45, 7) is 8.95. The highest BCUT2D eigenvalue weighted by Crippen LogP contribution is 2.40. The molecule has 1 rings (SSSR count). The van der Waals surface area contributed by atoms with Gasteiger partial charge < -0.3 is 11.1 Å². The Bertz CT molecular complexity index is 268. The van der Waals surface area contributed by atoms with Crippen molar-refractivity contribution in [3.8, 4) is 0 Å². The van der Waals surface area contributed by atoms with E-state index in [0.29, 0.717) is 17.9 Å². The maximum Gasteiger partial charge on any atom is 0.237 e. The largest absolute Gasteiger partial charge is 0.352 e. The van der Waals surface area contributed by atoms with Crippen LogP contribution in [0, 0.1) is 11.3 Å². The summed E-state index contributed by atoms with van der Waals surface area (Å²) in [6, 6.07) is 0.00816. The van der Waals surface area contributed by atoms with Gasteiger partial charge in [-0.05, 0) is 43.4 Å². The van der Waals surface area contributed by atoms with Crippen LogP contribution in [0.15, 0.2) is 0 Å². The van der Waals surface area contributed by atoms with E-state index in [1.165, 1.54) is 19.3 Å². The van der Waals surface area contributed by atoms with Crippen molar-refractivity contribution in [2.45, 2.75) is 78.3 Å². The van der Waals surface area contributed by atoms with Crippen LogP contribution in [0.5, 0.6) is 0 Å². The number of carbonyl (C=O) groups excluding carboxylic acids is 1. The molecule has 3 heteroatoms. The number of rotatable bonds is 5.